The second kappa shape index (κ2) is 3.52. The molecule has 4 nitrogen and oxygen atoms in total. The highest BCUT2D eigenvalue weighted by Gasteiger charge is 2.26. The number of aromatic nitrogens is 2. The number of nitrogens with zero attached hydrogens (tertiary/aromatic N) is 2. The van der Waals surface area contributed by atoms with Gasteiger partial charge in [-0.15, -0.1) is 0 Å². The topological polar surface area (TPSA) is 57.9 Å². The Morgan fingerprint density at radius 2 is 2.00 bits per heavy atom. The average molecular weight is 206 g/mol. The van der Waals surface area contributed by atoms with Crippen molar-refractivity contribution in [3.63, 3.8) is 0 Å². The Morgan fingerprint density at radius 1 is 1.27 bits per heavy atom. The van der Waals surface area contributed by atoms with Crippen LogP contribution in [0.25, 0.3) is 0 Å². The van der Waals surface area contributed by atoms with E-state index in [0.717, 1.165) is 37.7 Å². The number of aromatic amines is 1. The number of rotatable bonds is 2. The lowest BCUT2D eigenvalue weighted by atomic mass is 10.1. The van der Waals surface area contributed by atoms with Crippen LogP contribution in [0.15, 0.2) is 6.07 Å². The fourth-order valence-corrected chi connectivity index (χ4v) is 2.22. The van der Waals surface area contributed by atoms with Crippen LogP contribution < -0.4 is 10.6 Å². The zero-order valence-electron chi connectivity index (χ0n) is 8.95. The summed E-state index contributed by atoms with van der Waals surface area (Å²) in [5.41, 5.74) is 7.20. The third-order valence-electron chi connectivity index (χ3n) is 3.46. The Balaban J connectivity index is 1.69. The molecule has 0 atom stereocenters. The van der Waals surface area contributed by atoms with Gasteiger partial charge in [0.2, 0.25) is 0 Å². The maximum atomic E-state index is 5.88. The first-order chi connectivity index (χ1) is 7.33. The maximum absolute atomic E-state index is 5.88. The predicted octanol–water partition coefficient (Wildman–Crippen LogP) is 1.21. The molecule has 0 bridgehead atoms. The van der Waals surface area contributed by atoms with Crippen molar-refractivity contribution < 1.29 is 0 Å². The number of anilines is 1. The molecule has 0 aromatic carbocycles. The minimum Gasteiger partial charge on any atom is -0.355 e. The van der Waals surface area contributed by atoms with Crippen molar-refractivity contribution in [2.75, 3.05) is 18.0 Å². The minimum atomic E-state index is 0.392. The highest BCUT2D eigenvalue weighted by Crippen LogP contribution is 2.39. The molecule has 3 N–H and O–H groups in total. The number of hydrogen-bond acceptors (Lipinski definition) is 3. The highest BCUT2D eigenvalue weighted by atomic mass is 15.3. The molecule has 0 spiro atoms. The zero-order valence-corrected chi connectivity index (χ0v) is 8.95. The Labute approximate surface area is 89.8 Å². The van der Waals surface area contributed by atoms with Crippen molar-refractivity contribution in [2.45, 2.75) is 37.6 Å². The lowest BCUT2D eigenvalue weighted by Gasteiger charge is -2.29. The number of H-pyrrole nitrogens is 1. The normalized spacial score (nSPS) is 23.4. The molecule has 82 valence electrons. The third-order valence-corrected chi connectivity index (χ3v) is 3.46. The van der Waals surface area contributed by atoms with Gasteiger partial charge in [-0.2, -0.15) is 5.10 Å². The maximum Gasteiger partial charge on any atom is 0.150 e. The molecule has 1 aliphatic heterocycles. The molecule has 2 heterocycles. The summed E-state index contributed by atoms with van der Waals surface area (Å²) in [4.78, 5) is 2.34. The Bertz CT molecular complexity index is 334. The molecule has 3 rings (SSSR count). The van der Waals surface area contributed by atoms with Crippen LogP contribution in [0.2, 0.25) is 0 Å². The van der Waals surface area contributed by atoms with Crippen molar-refractivity contribution in [3.05, 3.63) is 11.8 Å². The molecule has 2 aliphatic rings. The standard InChI is InChI=1S/C11H18N4/c12-9-3-5-15(6-4-9)11-7-10(13-14-11)8-1-2-8/h7-9H,1-6,12H2,(H,13,14). The van der Waals surface area contributed by atoms with Crippen LogP contribution in [0.5, 0.6) is 0 Å². The van der Waals surface area contributed by atoms with Gasteiger partial charge >= 0.3 is 0 Å². The number of nitrogens with one attached hydrogen (secondary N) is 1. The fraction of sp³-hybridized carbons (Fsp3) is 0.727. The number of nitrogens with two attached hydrogens (primary N) is 1. The van der Waals surface area contributed by atoms with Gasteiger partial charge in [0.05, 0.1) is 0 Å². The monoisotopic (exact) mass is 206 g/mol. The van der Waals surface area contributed by atoms with Crippen LogP contribution in [0.3, 0.4) is 0 Å². The van der Waals surface area contributed by atoms with E-state index < -0.39 is 0 Å². The van der Waals surface area contributed by atoms with E-state index in [1.54, 1.807) is 0 Å². The highest BCUT2D eigenvalue weighted by molar-refractivity contribution is 5.41. The van der Waals surface area contributed by atoms with Crippen LogP contribution in [-0.4, -0.2) is 29.3 Å². The summed E-state index contributed by atoms with van der Waals surface area (Å²) in [5.74, 6) is 1.88. The van der Waals surface area contributed by atoms with Crippen molar-refractivity contribution in [2.24, 2.45) is 5.73 Å². The largest absolute Gasteiger partial charge is 0.355 e. The van der Waals surface area contributed by atoms with E-state index in [1.165, 1.54) is 18.5 Å². The van der Waals surface area contributed by atoms with Gasteiger partial charge in [0.25, 0.3) is 0 Å². The SMILES string of the molecule is NC1CCN(c2cc(C3CC3)[nH]n2)CC1. The first-order valence-corrected chi connectivity index (χ1v) is 5.89. The Kier molecular flexibility index (Phi) is 2.16. The third kappa shape index (κ3) is 1.86. The molecule has 1 saturated carbocycles. The van der Waals surface area contributed by atoms with Crippen molar-refractivity contribution in [3.8, 4) is 0 Å². The van der Waals surface area contributed by atoms with Gasteiger partial charge in [0, 0.05) is 36.8 Å². The van der Waals surface area contributed by atoms with Crippen LogP contribution in [-0.2, 0) is 0 Å². The van der Waals surface area contributed by atoms with Gasteiger partial charge in [-0.1, -0.05) is 0 Å². The van der Waals surface area contributed by atoms with E-state index in [9.17, 15) is 0 Å². The number of hydrogen-bond donors (Lipinski definition) is 2. The average Bonchev–Trinajstić information content (AvgIpc) is 2.99. The molecule has 1 aromatic rings. The van der Waals surface area contributed by atoms with E-state index in [2.05, 4.69) is 21.2 Å². The van der Waals surface area contributed by atoms with Gasteiger partial charge in [-0.05, 0) is 25.7 Å². The smallest absolute Gasteiger partial charge is 0.150 e. The fourth-order valence-electron chi connectivity index (χ4n) is 2.22. The van der Waals surface area contributed by atoms with Gasteiger partial charge in [-0.25, -0.2) is 0 Å². The molecule has 4 heteroatoms. The molecule has 15 heavy (non-hydrogen) atoms. The number of piperidine rings is 1. The van der Waals surface area contributed by atoms with Crippen LogP contribution in [0.4, 0.5) is 5.82 Å². The summed E-state index contributed by atoms with van der Waals surface area (Å²) >= 11 is 0. The Hall–Kier alpha value is -1.03. The molecule has 0 radical (unpaired) electrons. The van der Waals surface area contributed by atoms with Crippen molar-refractivity contribution >= 4 is 5.82 Å². The van der Waals surface area contributed by atoms with E-state index in [1.807, 2.05) is 0 Å². The summed E-state index contributed by atoms with van der Waals surface area (Å²) in [6.07, 6.45) is 4.83. The molecular weight excluding hydrogens is 188 g/mol. The van der Waals surface area contributed by atoms with Crippen LogP contribution >= 0.6 is 0 Å². The summed E-state index contributed by atoms with van der Waals surface area (Å²) in [7, 11) is 0. The predicted molar refractivity (Wildman–Crippen MR) is 60.0 cm³/mol. The van der Waals surface area contributed by atoms with Crippen molar-refractivity contribution in [1.82, 2.24) is 10.2 Å². The van der Waals surface area contributed by atoms with E-state index in [4.69, 9.17) is 5.73 Å². The lowest BCUT2D eigenvalue weighted by molar-refractivity contribution is 0.498. The quantitative estimate of drug-likeness (QED) is 0.764. The van der Waals surface area contributed by atoms with Gasteiger partial charge in [0.1, 0.15) is 0 Å². The summed E-state index contributed by atoms with van der Waals surface area (Å²) < 4.78 is 0. The van der Waals surface area contributed by atoms with Crippen LogP contribution in [0.1, 0.15) is 37.3 Å². The van der Waals surface area contributed by atoms with E-state index >= 15 is 0 Å². The van der Waals surface area contributed by atoms with Crippen molar-refractivity contribution in [1.29, 1.82) is 0 Å². The zero-order chi connectivity index (χ0) is 10.3. The van der Waals surface area contributed by atoms with Gasteiger partial charge in [0.15, 0.2) is 5.82 Å². The molecular formula is C11H18N4. The van der Waals surface area contributed by atoms with Crippen LogP contribution in [0, 0.1) is 0 Å². The second-order valence-electron chi connectivity index (χ2n) is 4.78. The minimum absolute atomic E-state index is 0.392. The lowest BCUT2D eigenvalue weighted by Crippen LogP contribution is -2.39. The molecule has 1 saturated heterocycles. The summed E-state index contributed by atoms with van der Waals surface area (Å²) in [6.45, 7) is 2.10. The second-order valence-corrected chi connectivity index (χ2v) is 4.78. The summed E-state index contributed by atoms with van der Waals surface area (Å²) in [6, 6.07) is 2.61. The molecule has 0 amide bonds. The van der Waals surface area contributed by atoms with E-state index in [-0.39, 0.29) is 0 Å². The first-order valence-electron chi connectivity index (χ1n) is 5.89. The Morgan fingerprint density at radius 3 is 2.67 bits per heavy atom. The molecule has 1 aromatic heterocycles. The first kappa shape index (κ1) is 9.21. The van der Waals surface area contributed by atoms with Gasteiger partial charge < -0.3 is 10.6 Å². The van der Waals surface area contributed by atoms with Gasteiger partial charge in [-0.3, -0.25) is 5.10 Å². The summed E-state index contributed by atoms with van der Waals surface area (Å²) in [5, 5.41) is 7.54. The molecule has 0 unspecified atom stereocenters. The molecule has 1 aliphatic carbocycles. The molecule has 2 fully saturated rings. The van der Waals surface area contributed by atoms with E-state index in [0.29, 0.717) is 6.04 Å².